The fourth-order valence-electron chi connectivity index (χ4n) is 3.61. The highest BCUT2D eigenvalue weighted by atomic mass is 19.1. The molecule has 1 atom stereocenters. The molecule has 2 aromatic rings. The maximum Gasteiger partial charge on any atom is 0.223 e. The van der Waals surface area contributed by atoms with E-state index in [-0.39, 0.29) is 17.6 Å². The van der Waals surface area contributed by atoms with Gasteiger partial charge in [0, 0.05) is 35.8 Å². The molecule has 1 aliphatic carbocycles. The van der Waals surface area contributed by atoms with Crippen LogP contribution in [0.25, 0.3) is 11.3 Å². The molecule has 0 saturated heterocycles. The van der Waals surface area contributed by atoms with Crippen molar-refractivity contribution in [1.29, 1.82) is 0 Å². The van der Waals surface area contributed by atoms with Crippen molar-refractivity contribution < 1.29 is 9.18 Å². The lowest BCUT2D eigenvalue weighted by atomic mass is 9.85. The Bertz CT molecular complexity index is 754. The van der Waals surface area contributed by atoms with Crippen LogP contribution in [0.3, 0.4) is 0 Å². The number of nitrogens with zero attached hydrogens (tertiary/aromatic N) is 2. The number of nitrogens with one attached hydrogen (secondary N) is 2. The van der Waals surface area contributed by atoms with Gasteiger partial charge in [0.15, 0.2) is 0 Å². The molecule has 1 aromatic carbocycles. The van der Waals surface area contributed by atoms with Crippen LogP contribution in [0.2, 0.25) is 0 Å². The number of rotatable bonds is 7. The first-order valence-electron chi connectivity index (χ1n) is 9.44. The third kappa shape index (κ3) is 4.12. The number of hydrogen-bond acceptors (Lipinski definition) is 3. The summed E-state index contributed by atoms with van der Waals surface area (Å²) in [6, 6.07) is 6.46. The number of H-pyrrole nitrogens is 1. The Morgan fingerprint density at radius 2 is 2.19 bits per heavy atom. The molecule has 0 fully saturated rings. The van der Waals surface area contributed by atoms with Crippen LogP contribution in [-0.4, -0.2) is 47.2 Å². The van der Waals surface area contributed by atoms with Crippen molar-refractivity contribution in [2.75, 3.05) is 26.2 Å². The van der Waals surface area contributed by atoms with Gasteiger partial charge in [0.2, 0.25) is 5.91 Å². The number of likely N-dealkylation sites (N-methyl/N-ethyl adjacent to an activating group) is 1. The van der Waals surface area contributed by atoms with Crippen LogP contribution in [0.15, 0.2) is 24.3 Å². The predicted molar refractivity (Wildman–Crippen MR) is 100 cm³/mol. The van der Waals surface area contributed by atoms with Crippen molar-refractivity contribution in [3.63, 3.8) is 0 Å². The van der Waals surface area contributed by atoms with Crippen molar-refractivity contribution in [3.05, 3.63) is 41.3 Å². The van der Waals surface area contributed by atoms with E-state index in [2.05, 4.69) is 34.3 Å². The summed E-state index contributed by atoms with van der Waals surface area (Å²) >= 11 is 0. The number of fused-ring (bicyclic) bond motifs is 1. The molecule has 0 unspecified atom stereocenters. The highest BCUT2D eigenvalue weighted by Crippen LogP contribution is 2.32. The lowest BCUT2D eigenvalue weighted by Crippen LogP contribution is -2.39. The van der Waals surface area contributed by atoms with Gasteiger partial charge < -0.3 is 10.2 Å². The minimum atomic E-state index is -0.277. The molecule has 2 N–H and O–H groups in total. The molecule has 1 aromatic heterocycles. The van der Waals surface area contributed by atoms with Gasteiger partial charge >= 0.3 is 0 Å². The zero-order chi connectivity index (χ0) is 18.5. The summed E-state index contributed by atoms with van der Waals surface area (Å²) < 4.78 is 13.6. The lowest BCUT2D eigenvalue weighted by Gasteiger charge is -2.23. The molecule has 6 heteroatoms. The Hall–Kier alpha value is -2.21. The van der Waals surface area contributed by atoms with E-state index in [0.29, 0.717) is 13.0 Å². The molecule has 3 rings (SSSR count). The summed E-state index contributed by atoms with van der Waals surface area (Å²) in [4.78, 5) is 14.9. The first-order valence-corrected chi connectivity index (χ1v) is 9.44. The Morgan fingerprint density at radius 1 is 1.38 bits per heavy atom. The summed E-state index contributed by atoms with van der Waals surface area (Å²) in [5.74, 6) is -0.223. The summed E-state index contributed by atoms with van der Waals surface area (Å²) in [6.07, 6.45) is 2.26. The van der Waals surface area contributed by atoms with Crippen molar-refractivity contribution in [2.24, 2.45) is 5.92 Å². The van der Waals surface area contributed by atoms with Gasteiger partial charge in [0.05, 0.1) is 5.69 Å². The van der Waals surface area contributed by atoms with Crippen molar-refractivity contribution in [2.45, 2.75) is 33.1 Å². The molecular weight excluding hydrogens is 331 g/mol. The Balaban J connectivity index is 1.65. The second kappa shape index (κ2) is 8.45. The first kappa shape index (κ1) is 18.6. The summed E-state index contributed by atoms with van der Waals surface area (Å²) in [5, 5.41) is 10.5. The molecule has 140 valence electrons. The monoisotopic (exact) mass is 358 g/mol. The smallest absolute Gasteiger partial charge is 0.223 e. The molecule has 26 heavy (non-hydrogen) atoms. The third-order valence-electron chi connectivity index (χ3n) is 5.24. The number of carbonyl (C=O) groups is 1. The minimum absolute atomic E-state index is 0.0517. The van der Waals surface area contributed by atoms with Crippen LogP contribution < -0.4 is 5.32 Å². The van der Waals surface area contributed by atoms with Gasteiger partial charge in [0.25, 0.3) is 0 Å². The van der Waals surface area contributed by atoms with Gasteiger partial charge in [-0.2, -0.15) is 5.10 Å². The quantitative estimate of drug-likeness (QED) is 0.800. The number of amides is 1. The molecule has 1 heterocycles. The second-order valence-electron chi connectivity index (χ2n) is 6.80. The molecule has 0 bridgehead atoms. The zero-order valence-electron chi connectivity index (χ0n) is 15.5. The average Bonchev–Trinajstić information content (AvgIpc) is 3.08. The number of halogens is 1. The van der Waals surface area contributed by atoms with Gasteiger partial charge in [0.1, 0.15) is 5.82 Å². The van der Waals surface area contributed by atoms with E-state index in [0.717, 1.165) is 55.0 Å². The number of aryl methyl sites for hydroxylation is 1. The van der Waals surface area contributed by atoms with Crippen LogP contribution in [0.4, 0.5) is 4.39 Å². The fourth-order valence-corrected chi connectivity index (χ4v) is 3.61. The fraction of sp³-hybridized carbons (Fsp3) is 0.500. The van der Waals surface area contributed by atoms with Crippen LogP contribution in [0.1, 0.15) is 31.5 Å². The van der Waals surface area contributed by atoms with E-state index in [4.69, 9.17) is 0 Å². The standard InChI is InChI=1S/C20H27FN4O/c1-3-25(4-2)11-10-22-20(26)15-8-9-18-17(13-15)19(24-23-18)14-6-5-7-16(21)12-14/h5-7,12,15H,3-4,8-11,13H2,1-2H3,(H,22,26)(H,23,24)/t15-/m1/s1. The predicted octanol–water partition coefficient (Wildman–Crippen LogP) is 2.78. The van der Waals surface area contributed by atoms with Crippen LogP contribution in [0, 0.1) is 11.7 Å². The first-order chi connectivity index (χ1) is 12.6. The summed E-state index contributed by atoms with van der Waals surface area (Å²) in [7, 11) is 0. The van der Waals surface area contributed by atoms with E-state index < -0.39 is 0 Å². The van der Waals surface area contributed by atoms with E-state index in [1.54, 1.807) is 6.07 Å². The summed E-state index contributed by atoms with van der Waals surface area (Å²) in [5.41, 5.74) is 3.63. The highest BCUT2D eigenvalue weighted by Gasteiger charge is 2.28. The molecule has 1 aliphatic rings. The number of aromatic amines is 1. The van der Waals surface area contributed by atoms with Gasteiger partial charge in [-0.25, -0.2) is 4.39 Å². The molecule has 0 aliphatic heterocycles. The normalized spacial score (nSPS) is 16.5. The van der Waals surface area contributed by atoms with Gasteiger partial charge in [-0.05, 0) is 44.5 Å². The molecule has 0 spiro atoms. The maximum atomic E-state index is 13.6. The number of carbonyl (C=O) groups excluding carboxylic acids is 1. The second-order valence-corrected chi connectivity index (χ2v) is 6.80. The number of benzene rings is 1. The lowest BCUT2D eigenvalue weighted by molar-refractivity contribution is -0.125. The molecular formula is C20H27FN4O. The van der Waals surface area contributed by atoms with Crippen LogP contribution in [0.5, 0.6) is 0 Å². The minimum Gasteiger partial charge on any atom is -0.355 e. The molecule has 0 saturated carbocycles. The molecule has 5 nitrogen and oxygen atoms in total. The highest BCUT2D eigenvalue weighted by molar-refractivity contribution is 5.80. The van der Waals surface area contributed by atoms with Crippen LogP contribution >= 0.6 is 0 Å². The molecule has 0 radical (unpaired) electrons. The average molecular weight is 358 g/mol. The topological polar surface area (TPSA) is 61.0 Å². The van der Waals surface area contributed by atoms with E-state index >= 15 is 0 Å². The summed E-state index contributed by atoms with van der Waals surface area (Å²) in [6.45, 7) is 7.78. The number of hydrogen-bond donors (Lipinski definition) is 2. The largest absolute Gasteiger partial charge is 0.355 e. The molecule has 1 amide bonds. The Morgan fingerprint density at radius 3 is 2.92 bits per heavy atom. The van der Waals surface area contributed by atoms with E-state index in [1.807, 2.05) is 6.07 Å². The van der Waals surface area contributed by atoms with Gasteiger partial charge in [-0.1, -0.05) is 26.0 Å². The van der Waals surface area contributed by atoms with Gasteiger partial charge in [-0.15, -0.1) is 0 Å². The third-order valence-corrected chi connectivity index (χ3v) is 5.24. The Kier molecular flexibility index (Phi) is 6.04. The van der Waals surface area contributed by atoms with Gasteiger partial charge in [-0.3, -0.25) is 9.89 Å². The van der Waals surface area contributed by atoms with Crippen molar-refractivity contribution >= 4 is 5.91 Å². The van der Waals surface area contributed by atoms with Crippen LogP contribution in [-0.2, 0) is 17.6 Å². The SMILES string of the molecule is CCN(CC)CCNC(=O)[C@@H]1CCc2[nH]nc(-c3cccc(F)c3)c2C1. The van der Waals surface area contributed by atoms with E-state index in [1.165, 1.54) is 12.1 Å². The van der Waals surface area contributed by atoms with Crippen molar-refractivity contribution in [3.8, 4) is 11.3 Å². The van der Waals surface area contributed by atoms with Crippen molar-refractivity contribution in [1.82, 2.24) is 20.4 Å². The Labute approximate surface area is 154 Å². The number of aromatic nitrogens is 2. The van der Waals surface area contributed by atoms with E-state index in [9.17, 15) is 9.18 Å². The zero-order valence-corrected chi connectivity index (χ0v) is 15.5. The maximum absolute atomic E-state index is 13.6.